The molecule has 0 amide bonds. The molecule has 2 nitrogen and oxygen atoms in total. The number of benzene rings is 1. The second-order valence-corrected chi connectivity index (χ2v) is 4.89. The Hall–Kier alpha value is -0.960. The Balaban J connectivity index is 2.61. The molecule has 0 N–H and O–H groups in total. The van der Waals surface area contributed by atoms with Crippen LogP contribution in [0, 0.1) is 6.92 Å². The van der Waals surface area contributed by atoms with Gasteiger partial charge in [0.05, 0.1) is 10.8 Å². The predicted molar refractivity (Wildman–Crippen MR) is 57.8 cm³/mol. The summed E-state index contributed by atoms with van der Waals surface area (Å²) in [6, 6.07) is 7.57. The first kappa shape index (κ1) is 11.1. The lowest BCUT2D eigenvalue weighted by Gasteiger charge is -2.00. The summed E-state index contributed by atoms with van der Waals surface area (Å²) in [5, 5.41) is 0. The molecule has 0 saturated carbocycles. The van der Waals surface area contributed by atoms with Crippen LogP contribution >= 0.6 is 0 Å². The standard InChI is InChI=1S/C11H14O2S/c1-9-3-5-11(6-4-9)14(13)8-7-10(2)12/h3-6H,7-8H2,1-2H3/t14-/m1/s1. The third kappa shape index (κ3) is 3.42. The van der Waals surface area contributed by atoms with Crippen LogP contribution in [-0.4, -0.2) is 15.7 Å². The summed E-state index contributed by atoms with van der Waals surface area (Å²) in [4.78, 5) is 11.5. The summed E-state index contributed by atoms with van der Waals surface area (Å²) < 4.78 is 11.6. The van der Waals surface area contributed by atoms with E-state index >= 15 is 0 Å². The zero-order valence-electron chi connectivity index (χ0n) is 8.45. The number of carbonyl (C=O) groups excluding carboxylic acids is 1. The topological polar surface area (TPSA) is 34.1 Å². The number of hydrogen-bond donors (Lipinski definition) is 0. The van der Waals surface area contributed by atoms with Crippen LogP contribution in [0.4, 0.5) is 0 Å². The van der Waals surface area contributed by atoms with Gasteiger partial charge in [0.15, 0.2) is 0 Å². The van der Waals surface area contributed by atoms with Crippen molar-refractivity contribution in [3.63, 3.8) is 0 Å². The maximum atomic E-state index is 11.6. The molecule has 1 aromatic carbocycles. The van der Waals surface area contributed by atoms with E-state index in [1.54, 1.807) is 0 Å². The lowest BCUT2D eigenvalue weighted by atomic mass is 10.2. The molecule has 1 aromatic rings. The van der Waals surface area contributed by atoms with Gasteiger partial charge in [0, 0.05) is 17.1 Å². The first-order valence-electron chi connectivity index (χ1n) is 4.54. The van der Waals surface area contributed by atoms with Crippen LogP contribution in [0.5, 0.6) is 0 Å². The fourth-order valence-corrected chi connectivity index (χ4v) is 2.19. The van der Waals surface area contributed by atoms with E-state index in [1.165, 1.54) is 6.92 Å². The van der Waals surface area contributed by atoms with Crippen molar-refractivity contribution in [1.82, 2.24) is 0 Å². The fraction of sp³-hybridized carbons (Fsp3) is 0.364. The van der Waals surface area contributed by atoms with Gasteiger partial charge in [0.25, 0.3) is 0 Å². The van der Waals surface area contributed by atoms with E-state index in [4.69, 9.17) is 0 Å². The van der Waals surface area contributed by atoms with E-state index < -0.39 is 10.8 Å². The molecule has 1 rings (SSSR count). The molecule has 0 aliphatic heterocycles. The second kappa shape index (κ2) is 5.05. The Labute approximate surface area is 86.8 Å². The van der Waals surface area contributed by atoms with Gasteiger partial charge in [0.1, 0.15) is 5.78 Å². The highest BCUT2D eigenvalue weighted by Crippen LogP contribution is 2.09. The van der Waals surface area contributed by atoms with E-state index in [9.17, 15) is 9.00 Å². The SMILES string of the molecule is CC(=O)CC[S@@](=O)c1ccc(C)cc1. The van der Waals surface area contributed by atoms with Crippen LogP contribution in [0.1, 0.15) is 18.9 Å². The molecule has 0 unspecified atom stereocenters. The maximum absolute atomic E-state index is 11.6. The number of ketones is 1. The highest BCUT2D eigenvalue weighted by molar-refractivity contribution is 7.85. The fourth-order valence-electron chi connectivity index (χ4n) is 1.04. The summed E-state index contributed by atoms with van der Waals surface area (Å²) in [5.41, 5.74) is 1.15. The van der Waals surface area contributed by atoms with Crippen molar-refractivity contribution >= 4 is 16.6 Å². The number of hydrogen-bond acceptors (Lipinski definition) is 2. The first-order chi connectivity index (χ1) is 6.59. The average molecular weight is 210 g/mol. The van der Waals surface area contributed by atoms with Crippen LogP contribution < -0.4 is 0 Å². The van der Waals surface area contributed by atoms with Crippen molar-refractivity contribution in [2.24, 2.45) is 0 Å². The highest BCUT2D eigenvalue weighted by Gasteiger charge is 2.04. The van der Waals surface area contributed by atoms with Gasteiger partial charge in [-0.2, -0.15) is 0 Å². The van der Waals surface area contributed by atoms with Gasteiger partial charge in [0.2, 0.25) is 0 Å². The molecule has 14 heavy (non-hydrogen) atoms. The van der Waals surface area contributed by atoms with E-state index in [1.807, 2.05) is 31.2 Å². The van der Waals surface area contributed by atoms with E-state index in [0.717, 1.165) is 10.5 Å². The van der Waals surface area contributed by atoms with Crippen LogP contribution in [0.3, 0.4) is 0 Å². The minimum absolute atomic E-state index is 0.0884. The third-order valence-electron chi connectivity index (χ3n) is 1.92. The Morgan fingerprint density at radius 1 is 1.29 bits per heavy atom. The number of Topliss-reactive ketones (excluding diaryl/α,β-unsaturated/α-hetero) is 1. The molecule has 1 atom stereocenters. The summed E-state index contributed by atoms with van der Waals surface area (Å²) >= 11 is 0. The third-order valence-corrected chi connectivity index (χ3v) is 3.30. The zero-order valence-corrected chi connectivity index (χ0v) is 9.26. The molecule has 0 fully saturated rings. The Bertz CT molecular complexity index is 341. The van der Waals surface area contributed by atoms with Gasteiger partial charge in [-0.15, -0.1) is 0 Å². The molecule has 0 aliphatic carbocycles. The van der Waals surface area contributed by atoms with Gasteiger partial charge in [-0.05, 0) is 26.0 Å². The Kier molecular flexibility index (Phi) is 4.01. The van der Waals surface area contributed by atoms with Crippen molar-refractivity contribution in [2.75, 3.05) is 5.75 Å². The van der Waals surface area contributed by atoms with Crippen LogP contribution in [0.25, 0.3) is 0 Å². The molecule has 0 saturated heterocycles. The Morgan fingerprint density at radius 3 is 2.36 bits per heavy atom. The molecule has 76 valence electrons. The van der Waals surface area contributed by atoms with Crippen molar-refractivity contribution in [2.45, 2.75) is 25.2 Å². The lowest BCUT2D eigenvalue weighted by molar-refractivity contribution is -0.116. The molecule has 0 bridgehead atoms. The van der Waals surface area contributed by atoms with Gasteiger partial charge >= 0.3 is 0 Å². The maximum Gasteiger partial charge on any atom is 0.130 e. The van der Waals surface area contributed by atoms with E-state index in [2.05, 4.69) is 0 Å². The molecule has 0 spiro atoms. The van der Waals surface area contributed by atoms with Crippen LogP contribution in [0.15, 0.2) is 29.2 Å². The van der Waals surface area contributed by atoms with Gasteiger partial charge in [-0.1, -0.05) is 17.7 Å². The van der Waals surface area contributed by atoms with E-state index in [0.29, 0.717) is 12.2 Å². The minimum Gasteiger partial charge on any atom is -0.300 e. The number of aryl methyl sites for hydroxylation is 1. The monoisotopic (exact) mass is 210 g/mol. The molecular formula is C11H14O2S. The van der Waals surface area contributed by atoms with Gasteiger partial charge in [-0.25, -0.2) is 0 Å². The molecule has 0 heterocycles. The summed E-state index contributed by atoms with van der Waals surface area (Å²) in [7, 11) is -1.03. The predicted octanol–water partition coefficient (Wildman–Crippen LogP) is 2.08. The zero-order chi connectivity index (χ0) is 10.6. The summed E-state index contributed by atoms with van der Waals surface area (Å²) in [6.45, 7) is 3.51. The molecule has 3 heteroatoms. The lowest BCUT2D eigenvalue weighted by Crippen LogP contribution is -2.02. The van der Waals surface area contributed by atoms with Gasteiger partial charge in [-0.3, -0.25) is 9.00 Å². The molecule has 0 radical (unpaired) electrons. The van der Waals surface area contributed by atoms with Crippen molar-refractivity contribution in [1.29, 1.82) is 0 Å². The summed E-state index contributed by atoms with van der Waals surface area (Å²) in [5.74, 6) is 0.517. The van der Waals surface area contributed by atoms with E-state index in [-0.39, 0.29) is 5.78 Å². The minimum atomic E-state index is -1.03. The highest BCUT2D eigenvalue weighted by atomic mass is 32.2. The smallest absolute Gasteiger partial charge is 0.130 e. The molecule has 0 aliphatic rings. The summed E-state index contributed by atoms with van der Waals surface area (Å²) in [6.07, 6.45) is 0.389. The van der Waals surface area contributed by atoms with Crippen molar-refractivity contribution in [3.8, 4) is 0 Å². The largest absolute Gasteiger partial charge is 0.300 e. The Morgan fingerprint density at radius 2 is 1.86 bits per heavy atom. The number of carbonyl (C=O) groups is 1. The van der Waals surface area contributed by atoms with Crippen molar-refractivity contribution in [3.05, 3.63) is 29.8 Å². The van der Waals surface area contributed by atoms with Crippen LogP contribution in [0.2, 0.25) is 0 Å². The van der Waals surface area contributed by atoms with Crippen LogP contribution in [-0.2, 0) is 15.6 Å². The average Bonchev–Trinajstić information content (AvgIpc) is 2.15. The molecule has 0 aromatic heterocycles. The van der Waals surface area contributed by atoms with Crippen molar-refractivity contribution < 1.29 is 9.00 Å². The normalized spacial score (nSPS) is 12.4. The first-order valence-corrected chi connectivity index (χ1v) is 5.86. The van der Waals surface area contributed by atoms with Gasteiger partial charge < -0.3 is 0 Å². The number of rotatable bonds is 4. The molecular weight excluding hydrogens is 196 g/mol. The second-order valence-electron chi connectivity index (χ2n) is 3.31. The quantitative estimate of drug-likeness (QED) is 0.762.